The number of anilines is 2. The first-order chi connectivity index (χ1) is 11.9. The van der Waals surface area contributed by atoms with Crippen molar-refractivity contribution in [3.05, 3.63) is 58.6 Å². The van der Waals surface area contributed by atoms with Gasteiger partial charge in [-0.15, -0.1) is 0 Å². The lowest BCUT2D eigenvalue weighted by Crippen LogP contribution is -2.44. The number of carbonyl (C=O) groups is 2. The van der Waals surface area contributed by atoms with E-state index < -0.39 is 18.4 Å². The van der Waals surface area contributed by atoms with E-state index in [2.05, 4.69) is 10.6 Å². The first kappa shape index (κ1) is 17.4. The third-order valence-electron chi connectivity index (χ3n) is 3.60. The number of carbonyl (C=O) groups excluding carboxylic acids is 2. The largest absolute Gasteiger partial charge is 0.437 e. The summed E-state index contributed by atoms with van der Waals surface area (Å²) in [6, 6.07) is 13.3. The number of rotatable bonds is 4. The van der Waals surface area contributed by atoms with Gasteiger partial charge in [0, 0.05) is 28.3 Å². The monoisotopic (exact) mass is 379 g/mol. The van der Waals surface area contributed by atoms with Gasteiger partial charge in [-0.2, -0.15) is 0 Å². The van der Waals surface area contributed by atoms with Crippen molar-refractivity contribution in [3.8, 4) is 0 Å². The molecule has 1 aliphatic heterocycles. The Morgan fingerprint density at radius 1 is 1.08 bits per heavy atom. The quantitative estimate of drug-likeness (QED) is 0.791. The molecule has 1 fully saturated rings. The van der Waals surface area contributed by atoms with Crippen molar-refractivity contribution in [3.63, 3.8) is 0 Å². The number of benzene rings is 2. The molecule has 0 bridgehead atoms. The summed E-state index contributed by atoms with van der Waals surface area (Å²) in [4.78, 5) is 25.3. The zero-order valence-corrected chi connectivity index (χ0v) is 14.7. The molecule has 2 atom stereocenters. The fourth-order valence-corrected chi connectivity index (χ4v) is 2.78. The molecule has 130 valence electrons. The third-order valence-corrected chi connectivity index (χ3v) is 4.10. The lowest BCUT2D eigenvalue weighted by atomic mass is 10.2. The van der Waals surface area contributed by atoms with Gasteiger partial charge < -0.3 is 15.4 Å². The Morgan fingerprint density at radius 3 is 2.20 bits per heavy atom. The third kappa shape index (κ3) is 3.97. The second-order valence-electron chi connectivity index (χ2n) is 5.42. The summed E-state index contributed by atoms with van der Waals surface area (Å²) in [5, 5.41) is 7.04. The van der Waals surface area contributed by atoms with Crippen molar-refractivity contribution >= 4 is 46.6 Å². The van der Waals surface area contributed by atoms with Gasteiger partial charge in [0.2, 0.25) is 6.23 Å². The molecule has 2 unspecified atom stereocenters. The molecule has 0 radical (unpaired) electrons. The van der Waals surface area contributed by atoms with Crippen LogP contribution in [0.5, 0.6) is 0 Å². The summed E-state index contributed by atoms with van der Waals surface area (Å²) in [5.41, 5.74) is 1.29. The minimum absolute atomic E-state index is 0.389. The highest BCUT2D eigenvalue weighted by Crippen LogP contribution is 2.27. The molecule has 1 heterocycles. The standard InChI is InChI=1S/C17H15Cl2N3O3/c1-10(23)25-16-15(20-13-6-2-11(18)3-7-13)21-17(24)22(16)14-8-4-12(19)5-9-14/h2-9,15-16,20H,1H3,(H,21,24). The molecule has 6 nitrogen and oxygen atoms in total. The average molecular weight is 380 g/mol. The minimum atomic E-state index is -0.859. The van der Waals surface area contributed by atoms with Crippen LogP contribution in [-0.2, 0) is 9.53 Å². The number of nitrogens with zero attached hydrogens (tertiary/aromatic N) is 1. The van der Waals surface area contributed by atoms with Crippen LogP contribution in [0.25, 0.3) is 0 Å². The SMILES string of the molecule is CC(=O)OC1C(Nc2ccc(Cl)cc2)NC(=O)N1c1ccc(Cl)cc1. The Labute approximate surface area is 154 Å². The molecule has 25 heavy (non-hydrogen) atoms. The molecule has 0 aliphatic carbocycles. The summed E-state index contributed by atoms with van der Waals surface area (Å²) in [5.74, 6) is -0.497. The summed E-state index contributed by atoms with van der Waals surface area (Å²) >= 11 is 11.8. The Bertz CT molecular complexity index is 781. The average Bonchev–Trinajstić information content (AvgIpc) is 2.85. The van der Waals surface area contributed by atoms with Gasteiger partial charge in [0.1, 0.15) is 0 Å². The van der Waals surface area contributed by atoms with E-state index in [0.717, 1.165) is 5.69 Å². The molecule has 2 N–H and O–H groups in total. The maximum Gasteiger partial charge on any atom is 0.326 e. The van der Waals surface area contributed by atoms with Crippen LogP contribution in [0.2, 0.25) is 10.0 Å². The Hall–Kier alpha value is -2.44. The Balaban J connectivity index is 1.87. The van der Waals surface area contributed by atoms with E-state index in [9.17, 15) is 9.59 Å². The molecule has 2 amide bonds. The minimum Gasteiger partial charge on any atom is -0.437 e. The van der Waals surface area contributed by atoms with Crippen LogP contribution in [0.4, 0.5) is 16.2 Å². The number of hydrogen-bond donors (Lipinski definition) is 2. The summed E-state index contributed by atoms with van der Waals surface area (Å²) in [7, 11) is 0. The Morgan fingerprint density at radius 2 is 1.64 bits per heavy atom. The summed E-state index contributed by atoms with van der Waals surface area (Å²) in [6.45, 7) is 1.29. The summed E-state index contributed by atoms with van der Waals surface area (Å²) < 4.78 is 5.37. The van der Waals surface area contributed by atoms with Gasteiger partial charge >= 0.3 is 12.0 Å². The van der Waals surface area contributed by atoms with E-state index >= 15 is 0 Å². The molecular formula is C17H15Cl2N3O3. The number of esters is 1. The van der Waals surface area contributed by atoms with Crippen LogP contribution < -0.4 is 15.5 Å². The predicted molar refractivity (Wildman–Crippen MR) is 96.9 cm³/mol. The zero-order chi connectivity index (χ0) is 18.0. The first-order valence-corrected chi connectivity index (χ1v) is 8.24. The lowest BCUT2D eigenvalue weighted by molar-refractivity contribution is -0.146. The van der Waals surface area contributed by atoms with E-state index in [-0.39, 0.29) is 6.03 Å². The van der Waals surface area contributed by atoms with E-state index in [1.54, 1.807) is 48.5 Å². The van der Waals surface area contributed by atoms with Crippen LogP contribution in [0.1, 0.15) is 6.92 Å². The lowest BCUT2D eigenvalue weighted by Gasteiger charge is -2.26. The predicted octanol–water partition coefficient (Wildman–Crippen LogP) is 3.85. The highest BCUT2D eigenvalue weighted by molar-refractivity contribution is 6.30. The molecule has 1 aliphatic rings. The maximum atomic E-state index is 12.4. The molecule has 2 aromatic rings. The second-order valence-corrected chi connectivity index (χ2v) is 6.30. The van der Waals surface area contributed by atoms with Crippen molar-refractivity contribution in [2.75, 3.05) is 10.2 Å². The highest BCUT2D eigenvalue weighted by atomic mass is 35.5. The van der Waals surface area contributed by atoms with Crippen molar-refractivity contribution in [1.82, 2.24) is 5.32 Å². The second kappa shape index (κ2) is 7.21. The van der Waals surface area contributed by atoms with Crippen LogP contribution in [-0.4, -0.2) is 24.4 Å². The molecule has 0 aromatic heterocycles. The number of amides is 2. The highest BCUT2D eigenvalue weighted by Gasteiger charge is 2.42. The van der Waals surface area contributed by atoms with Gasteiger partial charge in [0.25, 0.3) is 0 Å². The first-order valence-electron chi connectivity index (χ1n) is 7.48. The number of hydrogen-bond acceptors (Lipinski definition) is 4. The molecule has 1 saturated heterocycles. The molecule has 3 rings (SSSR count). The number of ether oxygens (including phenoxy) is 1. The van der Waals surface area contributed by atoms with E-state index in [4.69, 9.17) is 27.9 Å². The van der Waals surface area contributed by atoms with Crippen LogP contribution in [0.3, 0.4) is 0 Å². The van der Waals surface area contributed by atoms with Crippen LogP contribution in [0.15, 0.2) is 48.5 Å². The normalized spacial score (nSPS) is 19.5. The van der Waals surface area contributed by atoms with E-state index in [0.29, 0.717) is 15.7 Å². The number of urea groups is 1. The molecule has 8 heteroatoms. The van der Waals surface area contributed by atoms with Gasteiger partial charge in [-0.05, 0) is 48.5 Å². The fourth-order valence-electron chi connectivity index (χ4n) is 2.53. The van der Waals surface area contributed by atoms with Gasteiger partial charge in [-0.3, -0.25) is 9.69 Å². The van der Waals surface area contributed by atoms with Crippen molar-refractivity contribution in [2.24, 2.45) is 0 Å². The van der Waals surface area contributed by atoms with E-state index in [1.165, 1.54) is 11.8 Å². The van der Waals surface area contributed by atoms with Crippen molar-refractivity contribution in [2.45, 2.75) is 19.3 Å². The van der Waals surface area contributed by atoms with Crippen molar-refractivity contribution < 1.29 is 14.3 Å². The van der Waals surface area contributed by atoms with Crippen LogP contribution >= 0.6 is 23.2 Å². The number of nitrogens with one attached hydrogen (secondary N) is 2. The van der Waals surface area contributed by atoms with Gasteiger partial charge in [0.05, 0.1) is 0 Å². The molecule has 0 spiro atoms. The van der Waals surface area contributed by atoms with Gasteiger partial charge in [-0.1, -0.05) is 23.2 Å². The van der Waals surface area contributed by atoms with Crippen LogP contribution in [0, 0.1) is 0 Å². The smallest absolute Gasteiger partial charge is 0.326 e. The fraction of sp³-hybridized carbons (Fsp3) is 0.176. The maximum absolute atomic E-state index is 12.4. The van der Waals surface area contributed by atoms with Gasteiger partial charge in [0.15, 0.2) is 6.17 Å². The molecule has 0 saturated carbocycles. The zero-order valence-electron chi connectivity index (χ0n) is 13.2. The topological polar surface area (TPSA) is 70.7 Å². The molecular weight excluding hydrogens is 365 g/mol. The molecule has 2 aromatic carbocycles. The Kier molecular flexibility index (Phi) is 5.01. The summed E-state index contributed by atoms with van der Waals surface area (Å²) in [6.07, 6.45) is -1.49. The van der Waals surface area contributed by atoms with E-state index in [1.807, 2.05) is 0 Å². The van der Waals surface area contributed by atoms with Crippen molar-refractivity contribution in [1.29, 1.82) is 0 Å². The number of halogens is 2. The van der Waals surface area contributed by atoms with Gasteiger partial charge in [-0.25, -0.2) is 4.79 Å².